The number of hydrogen-bond acceptors (Lipinski definition) is 4. The topological polar surface area (TPSA) is 75.7 Å². The number of hydrogen-bond donors (Lipinski definition) is 1. The molecule has 0 aliphatic heterocycles. The van der Waals surface area contributed by atoms with E-state index in [1.165, 1.54) is 16.4 Å². The van der Waals surface area contributed by atoms with E-state index in [4.69, 9.17) is 16.3 Å². The van der Waals surface area contributed by atoms with Gasteiger partial charge < -0.3 is 10.1 Å². The van der Waals surface area contributed by atoms with Gasteiger partial charge >= 0.3 is 0 Å². The fraction of sp³-hybridized carbons (Fsp3) is 0.0312. The van der Waals surface area contributed by atoms with Crippen molar-refractivity contribution < 1.29 is 17.9 Å². The third-order valence-corrected chi connectivity index (χ3v) is 8.09. The molecule has 0 aliphatic rings. The fourth-order valence-corrected chi connectivity index (χ4v) is 5.81. The van der Waals surface area contributed by atoms with Crippen LogP contribution in [0.25, 0.3) is 0 Å². The number of sulfonamides is 1. The molecule has 40 heavy (non-hydrogen) atoms. The standard InChI is InChI=1S/C32H25ClN2O4S/c33-25-20-21-31(39-26-14-6-2-7-15-26)29(22-25)34-32(36)28-18-10-11-19-30(28)35(23-24-12-4-1-5-13-24)40(37,38)27-16-8-3-9-17-27/h1-22H,23H2,(H,34,36). The number of rotatable bonds is 9. The summed E-state index contributed by atoms with van der Waals surface area (Å²) in [6, 6.07) is 38.1. The number of benzene rings is 5. The predicted molar refractivity (Wildman–Crippen MR) is 159 cm³/mol. The lowest BCUT2D eigenvalue weighted by atomic mass is 10.1. The van der Waals surface area contributed by atoms with Crippen molar-refractivity contribution in [2.24, 2.45) is 0 Å². The molecule has 5 rings (SSSR count). The van der Waals surface area contributed by atoms with E-state index in [1.807, 2.05) is 48.5 Å². The molecule has 8 heteroatoms. The van der Waals surface area contributed by atoms with Crippen LogP contribution < -0.4 is 14.4 Å². The molecule has 0 aromatic heterocycles. The summed E-state index contributed by atoms with van der Waals surface area (Å²) in [6.07, 6.45) is 0. The highest BCUT2D eigenvalue weighted by molar-refractivity contribution is 7.92. The molecule has 1 N–H and O–H groups in total. The molecule has 0 aliphatic carbocycles. The predicted octanol–water partition coefficient (Wildman–Crippen LogP) is 7.78. The Kier molecular flexibility index (Phi) is 8.15. The summed E-state index contributed by atoms with van der Waals surface area (Å²) in [5.41, 5.74) is 1.52. The van der Waals surface area contributed by atoms with E-state index in [0.29, 0.717) is 22.2 Å². The maximum Gasteiger partial charge on any atom is 0.264 e. The van der Waals surface area contributed by atoms with Crippen LogP contribution >= 0.6 is 11.6 Å². The van der Waals surface area contributed by atoms with E-state index in [2.05, 4.69) is 5.32 Å². The van der Waals surface area contributed by atoms with E-state index >= 15 is 0 Å². The molecule has 6 nitrogen and oxygen atoms in total. The summed E-state index contributed by atoms with van der Waals surface area (Å²) in [5.74, 6) is 0.459. The van der Waals surface area contributed by atoms with Crippen molar-refractivity contribution in [3.05, 3.63) is 150 Å². The lowest BCUT2D eigenvalue weighted by Crippen LogP contribution is -2.32. The lowest BCUT2D eigenvalue weighted by molar-refractivity contribution is 0.102. The van der Waals surface area contributed by atoms with Gasteiger partial charge in [0.25, 0.3) is 15.9 Å². The largest absolute Gasteiger partial charge is 0.455 e. The van der Waals surface area contributed by atoms with E-state index in [9.17, 15) is 13.2 Å². The zero-order valence-corrected chi connectivity index (χ0v) is 22.8. The molecule has 200 valence electrons. The number of carbonyl (C=O) groups is 1. The maximum atomic E-state index is 13.9. The molecule has 0 heterocycles. The SMILES string of the molecule is O=C(Nc1cc(Cl)ccc1Oc1ccccc1)c1ccccc1N(Cc1ccccc1)S(=O)(=O)c1ccccc1. The zero-order valence-electron chi connectivity index (χ0n) is 21.3. The molecular weight excluding hydrogens is 544 g/mol. The van der Waals surface area contributed by atoms with E-state index in [0.717, 1.165) is 5.56 Å². The van der Waals surface area contributed by atoms with Gasteiger partial charge in [-0.25, -0.2) is 8.42 Å². The highest BCUT2D eigenvalue weighted by Crippen LogP contribution is 2.34. The lowest BCUT2D eigenvalue weighted by Gasteiger charge is -2.26. The van der Waals surface area contributed by atoms with Gasteiger partial charge in [-0.2, -0.15) is 0 Å². The van der Waals surface area contributed by atoms with Gasteiger partial charge in [-0.15, -0.1) is 0 Å². The van der Waals surface area contributed by atoms with Gasteiger partial charge in [-0.05, 0) is 60.2 Å². The molecule has 0 bridgehead atoms. The number of nitrogens with one attached hydrogen (secondary N) is 1. The molecule has 0 spiro atoms. The highest BCUT2D eigenvalue weighted by Gasteiger charge is 2.29. The van der Waals surface area contributed by atoms with Crippen LogP contribution in [0.2, 0.25) is 5.02 Å². The van der Waals surface area contributed by atoms with Gasteiger partial charge in [-0.1, -0.05) is 90.5 Å². The third kappa shape index (κ3) is 6.17. The van der Waals surface area contributed by atoms with Crippen molar-refractivity contribution in [2.45, 2.75) is 11.4 Å². The molecular formula is C32H25ClN2O4S. The normalized spacial score (nSPS) is 11.0. The Balaban J connectivity index is 1.54. The van der Waals surface area contributed by atoms with Crippen LogP contribution in [0.4, 0.5) is 11.4 Å². The van der Waals surface area contributed by atoms with Gasteiger partial charge in [0.15, 0.2) is 5.75 Å². The minimum absolute atomic E-state index is 0.0297. The fourth-order valence-electron chi connectivity index (χ4n) is 4.15. The first-order chi connectivity index (χ1) is 19.4. The first-order valence-corrected chi connectivity index (χ1v) is 14.3. The number of para-hydroxylation sites is 2. The van der Waals surface area contributed by atoms with Crippen molar-refractivity contribution in [1.29, 1.82) is 0 Å². The first kappa shape index (κ1) is 27.0. The quantitative estimate of drug-likeness (QED) is 0.197. The number of anilines is 2. The summed E-state index contributed by atoms with van der Waals surface area (Å²) in [5, 5.41) is 3.27. The van der Waals surface area contributed by atoms with Crippen molar-refractivity contribution in [3.63, 3.8) is 0 Å². The van der Waals surface area contributed by atoms with Crippen LogP contribution in [0.1, 0.15) is 15.9 Å². The number of carbonyl (C=O) groups excluding carboxylic acids is 1. The molecule has 1 amide bonds. The monoisotopic (exact) mass is 568 g/mol. The summed E-state index contributed by atoms with van der Waals surface area (Å²) in [4.78, 5) is 13.9. The average Bonchev–Trinajstić information content (AvgIpc) is 2.99. The number of halogens is 1. The third-order valence-electron chi connectivity index (χ3n) is 6.08. The van der Waals surface area contributed by atoms with E-state index < -0.39 is 15.9 Å². The van der Waals surface area contributed by atoms with Gasteiger partial charge in [0, 0.05) is 5.02 Å². The van der Waals surface area contributed by atoms with E-state index in [1.54, 1.807) is 72.8 Å². The molecule has 0 fully saturated rings. The minimum atomic E-state index is -4.03. The molecule has 0 radical (unpaired) electrons. The van der Waals surface area contributed by atoms with Crippen molar-refractivity contribution >= 4 is 38.9 Å². The number of nitrogens with zero attached hydrogens (tertiary/aromatic N) is 1. The van der Waals surface area contributed by atoms with Crippen molar-refractivity contribution in [3.8, 4) is 11.5 Å². The minimum Gasteiger partial charge on any atom is -0.455 e. The van der Waals surface area contributed by atoms with Crippen LogP contribution in [0.5, 0.6) is 11.5 Å². The van der Waals surface area contributed by atoms with Gasteiger partial charge in [0.2, 0.25) is 0 Å². The molecule has 0 saturated carbocycles. The van der Waals surface area contributed by atoms with Crippen molar-refractivity contribution in [2.75, 3.05) is 9.62 Å². The molecule has 0 saturated heterocycles. The molecule has 0 unspecified atom stereocenters. The van der Waals surface area contributed by atoms with Crippen LogP contribution in [0.15, 0.2) is 138 Å². The first-order valence-electron chi connectivity index (χ1n) is 12.5. The Hall–Kier alpha value is -4.59. The molecule has 5 aromatic carbocycles. The summed E-state index contributed by atoms with van der Waals surface area (Å²) in [7, 11) is -4.03. The summed E-state index contributed by atoms with van der Waals surface area (Å²) >= 11 is 6.25. The number of ether oxygens (including phenoxy) is 1. The van der Waals surface area contributed by atoms with Gasteiger partial charge in [-0.3, -0.25) is 9.10 Å². The second kappa shape index (κ2) is 12.1. The Morgan fingerprint density at radius 2 is 1.35 bits per heavy atom. The smallest absolute Gasteiger partial charge is 0.264 e. The van der Waals surface area contributed by atoms with Crippen LogP contribution in [0, 0.1) is 0 Å². The van der Waals surface area contributed by atoms with Gasteiger partial charge in [0.05, 0.1) is 28.4 Å². The Bertz CT molecular complexity index is 1710. The molecule has 0 atom stereocenters. The second-order valence-corrected chi connectivity index (χ2v) is 11.1. The number of amides is 1. The highest BCUT2D eigenvalue weighted by atomic mass is 35.5. The molecule has 5 aromatic rings. The van der Waals surface area contributed by atoms with Gasteiger partial charge in [0.1, 0.15) is 5.75 Å². The summed E-state index contributed by atoms with van der Waals surface area (Å²) < 4.78 is 35.1. The van der Waals surface area contributed by atoms with Crippen molar-refractivity contribution in [1.82, 2.24) is 0 Å². The van der Waals surface area contributed by atoms with Crippen LogP contribution in [-0.2, 0) is 16.6 Å². The van der Waals surface area contributed by atoms with Crippen LogP contribution in [0.3, 0.4) is 0 Å². The Labute approximate surface area is 238 Å². The Morgan fingerprint density at radius 3 is 2.05 bits per heavy atom. The maximum absolute atomic E-state index is 13.9. The average molecular weight is 569 g/mol. The zero-order chi connectivity index (χ0) is 28.0. The van der Waals surface area contributed by atoms with E-state index in [-0.39, 0.29) is 22.7 Å². The summed E-state index contributed by atoms with van der Waals surface area (Å²) in [6.45, 7) is 0.0297. The van der Waals surface area contributed by atoms with Crippen LogP contribution in [-0.4, -0.2) is 14.3 Å². The Morgan fingerprint density at radius 1 is 0.750 bits per heavy atom. The second-order valence-electron chi connectivity index (χ2n) is 8.84.